The molecule has 0 aromatic carbocycles. The molecule has 1 atom stereocenters. The van der Waals surface area contributed by atoms with Crippen LogP contribution in [0.15, 0.2) is 0 Å². The van der Waals surface area contributed by atoms with Crippen molar-refractivity contribution in [1.29, 1.82) is 0 Å². The van der Waals surface area contributed by atoms with Crippen LogP contribution in [-0.4, -0.2) is 43.5 Å². The molecule has 0 radical (unpaired) electrons. The topological polar surface area (TPSA) is 54.4 Å². The van der Waals surface area contributed by atoms with Crippen LogP contribution in [0, 0.1) is 0 Å². The molecule has 140 valence electrons. The van der Waals surface area contributed by atoms with Crippen LogP contribution < -0.4 is 0 Å². The molecular weight excluding hydrogens is 310 g/mol. The van der Waals surface area contributed by atoms with E-state index in [1.54, 1.807) is 0 Å². The van der Waals surface area contributed by atoms with Gasteiger partial charge in [-0.2, -0.15) is 8.42 Å². The average molecular weight is 351 g/mol. The number of hydrogen-bond donors (Lipinski definition) is 1. The third-order valence-corrected chi connectivity index (χ3v) is 6.24. The van der Waals surface area contributed by atoms with Gasteiger partial charge in [-0.1, -0.05) is 65.2 Å². The van der Waals surface area contributed by atoms with Gasteiger partial charge in [-0.05, 0) is 19.3 Å². The Kier molecular flexibility index (Phi) is 12.2. The Morgan fingerprint density at radius 2 is 1.22 bits per heavy atom. The lowest BCUT2D eigenvalue weighted by atomic mass is 10.1. The fourth-order valence-electron chi connectivity index (χ4n) is 3.26. The molecule has 4 nitrogen and oxygen atoms in total. The lowest BCUT2D eigenvalue weighted by Gasteiger charge is -2.36. The van der Waals surface area contributed by atoms with E-state index in [-0.39, 0.29) is 0 Å². The molecule has 0 rings (SSSR count). The molecule has 5 heteroatoms. The van der Waals surface area contributed by atoms with Crippen LogP contribution in [0.3, 0.4) is 0 Å². The minimum absolute atomic E-state index is 0.365. The molecule has 0 aromatic heterocycles. The summed E-state index contributed by atoms with van der Waals surface area (Å²) in [6, 6.07) is 0. The Bertz CT molecular complexity index is 380. The van der Waals surface area contributed by atoms with Gasteiger partial charge in [0.15, 0.2) is 0 Å². The van der Waals surface area contributed by atoms with Gasteiger partial charge in [0.2, 0.25) is 5.37 Å². The number of rotatable bonds is 15. The smallest absolute Gasteiger partial charge is 0.311 e. The molecule has 1 N–H and O–H groups in total. The van der Waals surface area contributed by atoms with Crippen molar-refractivity contribution in [2.24, 2.45) is 0 Å². The molecule has 0 saturated heterocycles. The van der Waals surface area contributed by atoms with Crippen LogP contribution in [0.5, 0.6) is 0 Å². The van der Waals surface area contributed by atoms with Gasteiger partial charge in [0.1, 0.15) is 0 Å². The molecule has 1 unspecified atom stereocenters. The predicted molar refractivity (Wildman–Crippen MR) is 99.1 cm³/mol. The number of nitrogens with zero attached hydrogens (tertiary/aromatic N) is 1. The maximum atomic E-state index is 11.6. The van der Waals surface area contributed by atoms with Crippen LogP contribution in [-0.2, 0) is 10.1 Å². The fraction of sp³-hybridized carbons (Fsp3) is 1.00. The molecule has 0 aliphatic heterocycles. The maximum Gasteiger partial charge on any atom is 0.319 e. The van der Waals surface area contributed by atoms with Crippen molar-refractivity contribution < 1.29 is 17.5 Å². The van der Waals surface area contributed by atoms with Crippen LogP contribution >= 0.6 is 0 Å². The number of unbranched alkanes of at least 4 members (excludes halogenated alkanes) is 9. The first kappa shape index (κ1) is 22.9. The summed E-state index contributed by atoms with van der Waals surface area (Å²) in [5.74, 6) is 0. The van der Waals surface area contributed by atoms with E-state index in [1.807, 2.05) is 21.0 Å². The van der Waals surface area contributed by atoms with Crippen molar-refractivity contribution in [1.82, 2.24) is 0 Å². The Labute approximate surface area is 145 Å². The number of quaternary nitrogens is 1. The van der Waals surface area contributed by atoms with Crippen LogP contribution in [0.1, 0.15) is 90.9 Å². The first-order chi connectivity index (χ1) is 10.8. The van der Waals surface area contributed by atoms with Crippen molar-refractivity contribution in [2.45, 2.75) is 96.3 Å². The van der Waals surface area contributed by atoms with E-state index in [0.717, 1.165) is 25.8 Å². The van der Waals surface area contributed by atoms with Crippen LogP contribution in [0.2, 0.25) is 0 Å². The van der Waals surface area contributed by atoms with E-state index in [0.29, 0.717) is 10.9 Å². The average Bonchev–Trinajstić information content (AvgIpc) is 2.45. The molecule has 0 heterocycles. The molecule has 0 aromatic rings. The number of hydrogen-bond acceptors (Lipinski definition) is 2. The normalized spacial score (nSPS) is 14.1. The van der Waals surface area contributed by atoms with Gasteiger partial charge in [0.25, 0.3) is 0 Å². The Morgan fingerprint density at radius 3 is 1.61 bits per heavy atom. The van der Waals surface area contributed by atoms with Crippen molar-refractivity contribution in [3.63, 3.8) is 0 Å². The van der Waals surface area contributed by atoms with Crippen molar-refractivity contribution >= 4 is 10.1 Å². The fourth-order valence-corrected chi connectivity index (χ4v) is 4.62. The molecule has 0 amide bonds. The zero-order chi connectivity index (χ0) is 17.8. The van der Waals surface area contributed by atoms with Gasteiger partial charge in [0.05, 0.1) is 20.6 Å². The summed E-state index contributed by atoms with van der Waals surface area (Å²) in [6.07, 6.45) is 14.1. The van der Waals surface area contributed by atoms with Gasteiger partial charge < -0.3 is 4.48 Å². The zero-order valence-electron chi connectivity index (χ0n) is 15.9. The SMILES string of the molecule is CCCCCCCCCCCC[N+](C)(C)C(CCC)S(=O)(=O)O. The minimum Gasteiger partial charge on any atom is -0.311 e. The largest absolute Gasteiger partial charge is 0.319 e. The highest BCUT2D eigenvalue weighted by atomic mass is 32.2. The van der Waals surface area contributed by atoms with E-state index in [1.165, 1.54) is 51.4 Å². The van der Waals surface area contributed by atoms with Crippen molar-refractivity contribution in [3.8, 4) is 0 Å². The lowest BCUT2D eigenvalue weighted by molar-refractivity contribution is -0.902. The second-order valence-electron chi connectivity index (χ2n) is 7.44. The van der Waals surface area contributed by atoms with Crippen molar-refractivity contribution in [3.05, 3.63) is 0 Å². The van der Waals surface area contributed by atoms with Gasteiger partial charge in [-0.3, -0.25) is 4.55 Å². The Hall–Kier alpha value is -0.130. The third kappa shape index (κ3) is 11.1. The van der Waals surface area contributed by atoms with Gasteiger partial charge in [-0.25, -0.2) is 0 Å². The Balaban J connectivity index is 3.88. The molecule has 0 aliphatic rings. The Morgan fingerprint density at radius 1 is 0.783 bits per heavy atom. The molecule has 23 heavy (non-hydrogen) atoms. The highest BCUT2D eigenvalue weighted by molar-refractivity contribution is 7.86. The van der Waals surface area contributed by atoms with E-state index >= 15 is 0 Å². The summed E-state index contributed by atoms with van der Waals surface area (Å²) >= 11 is 0. The van der Waals surface area contributed by atoms with E-state index in [2.05, 4.69) is 6.92 Å². The second-order valence-corrected chi connectivity index (χ2v) is 9.02. The predicted octanol–water partition coefficient (Wildman–Crippen LogP) is 5.00. The first-order valence-corrected chi connectivity index (χ1v) is 11.0. The highest BCUT2D eigenvalue weighted by Gasteiger charge is 2.37. The molecule has 0 spiro atoms. The lowest BCUT2D eigenvalue weighted by Crippen LogP contribution is -2.53. The monoisotopic (exact) mass is 350 g/mol. The van der Waals surface area contributed by atoms with Gasteiger partial charge >= 0.3 is 10.1 Å². The van der Waals surface area contributed by atoms with E-state index < -0.39 is 15.5 Å². The molecule has 0 fully saturated rings. The second kappa shape index (κ2) is 12.3. The van der Waals surface area contributed by atoms with Crippen LogP contribution in [0.4, 0.5) is 0 Å². The summed E-state index contributed by atoms with van der Waals surface area (Å²) in [4.78, 5) is 0. The molecule has 0 aliphatic carbocycles. The summed E-state index contributed by atoms with van der Waals surface area (Å²) in [5, 5.41) is -0.689. The van der Waals surface area contributed by atoms with E-state index in [4.69, 9.17) is 0 Å². The minimum atomic E-state index is -3.98. The summed E-state index contributed by atoms with van der Waals surface area (Å²) < 4.78 is 33.0. The van der Waals surface area contributed by atoms with Gasteiger partial charge in [0, 0.05) is 6.42 Å². The van der Waals surface area contributed by atoms with Gasteiger partial charge in [-0.15, -0.1) is 0 Å². The van der Waals surface area contributed by atoms with Crippen molar-refractivity contribution in [2.75, 3.05) is 20.6 Å². The zero-order valence-corrected chi connectivity index (χ0v) is 16.7. The molecule has 0 saturated carbocycles. The molecular formula is C18H40NO3S+. The molecule has 0 bridgehead atoms. The highest BCUT2D eigenvalue weighted by Crippen LogP contribution is 2.20. The summed E-state index contributed by atoms with van der Waals surface area (Å²) in [7, 11) is -0.138. The standard InChI is InChI=1S/C18H39NO3S/c1-5-7-8-9-10-11-12-13-14-15-17-19(3,4)18(16-6-2)23(20,21)22/h18H,5-17H2,1-4H3/p+1. The quantitative estimate of drug-likeness (QED) is 0.257. The third-order valence-electron chi connectivity index (χ3n) is 4.75. The maximum absolute atomic E-state index is 11.6. The first-order valence-electron chi connectivity index (χ1n) is 9.54. The summed E-state index contributed by atoms with van der Waals surface area (Å²) in [5.41, 5.74) is 0. The van der Waals surface area contributed by atoms with E-state index in [9.17, 15) is 13.0 Å². The summed E-state index contributed by atoms with van der Waals surface area (Å²) in [6.45, 7) is 5.01. The van der Waals surface area contributed by atoms with Crippen LogP contribution in [0.25, 0.3) is 0 Å².